The second-order valence-electron chi connectivity index (χ2n) is 7.84. The maximum Gasteiger partial charge on any atom is 0.281 e. The van der Waals surface area contributed by atoms with Crippen molar-refractivity contribution in [2.75, 3.05) is 26.2 Å². The lowest BCUT2D eigenvalue weighted by atomic mass is 10.0. The first-order valence-electron chi connectivity index (χ1n) is 10.0. The molecule has 1 aromatic carbocycles. The fourth-order valence-corrected chi connectivity index (χ4v) is 5.75. The SMILES string of the molecule is CC1CCCN(S(=O)(=O)N2CCC(NC(=O)CCc3ccccc3)CC2)C1. The van der Waals surface area contributed by atoms with Crippen LogP contribution >= 0.6 is 0 Å². The number of carbonyl (C=O) groups is 1. The maximum atomic E-state index is 12.8. The van der Waals surface area contributed by atoms with Gasteiger partial charge < -0.3 is 5.32 Å². The zero-order chi connectivity index (χ0) is 19.3. The van der Waals surface area contributed by atoms with Gasteiger partial charge in [0.05, 0.1) is 0 Å². The molecule has 2 saturated heterocycles. The molecule has 0 spiro atoms. The summed E-state index contributed by atoms with van der Waals surface area (Å²) in [5.41, 5.74) is 1.16. The highest BCUT2D eigenvalue weighted by atomic mass is 32.2. The summed E-state index contributed by atoms with van der Waals surface area (Å²) in [7, 11) is -3.36. The number of amides is 1. The Bertz CT molecular complexity index is 715. The summed E-state index contributed by atoms with van der Waals surface area (Å²) >= 11 is 0. The van der Waals surface area contributed by atoms with E-state index < -0.39 is 10.2 Å². The van der Waals surface area contributed by atoms with Crippen LogP contribution in [0.1, 0.15) is 44.6 Å². The normalized spacial score (nSPS) is 23.2. The van der Waals surface area contributed by atoms with Gasteiger partial charge in [0, 0.05) is 38.6 Å². The van der Waals surface area contributed by atoms with Crippen LogP contribution < -0.4 is 5.32 Å². The molecule has 2 fully saturated rings. The van der Waals surface area contributed by atoms with Crippen molar-refractivity contribution in [1.29, 1.82) is 0 Å². The van der Waals surface area contributed by atoms with E-state index in [2.05, 4.69) is 12.2 Å². The molecular formula is C20H31N3O3S. The van der Waals surface area contributed by atoms with Gasteiger partial charge in [-0.3, -0.25) is 4.79 Å². The van der Waals surface area contributed by atoms with Crippen LogP contribution in [0.5, 0.6) is 0 Å². The van der Waals surface area contributed by atoms with E-state index in [1.54, 1.807) is 8.61 Å². The minimum atomic E-state index is -3.36. The van der Waals surface area contributed by atoms with E-state index >= 15 is 0 Å². The van der Waals surface area contributed by atoms with Gasteiger partial charge in [-0.15, -0.1) is 0 Å². The number of nitrogens with zero attached hydrogens (tertiary/aromatic N) is 2. The highest BCUT2D eigenvalue weighted by Gasteiger charge is 2.35. The third kappa shape index (κ3) is 5.53. The second-order valence-corrected chi connectivity index (χ2v) is 9.77. The molecule has 0 bridgehead atoms. The van der Waals surface area contributed by atoms with Crippen LogP contribution in [-0.4, -0.2) is 55.2 Å². The summed E-state index contributed by atoms with van der Waals surface area (Å²) in [5.74, 6) is 0.472. The monoisotopic (exact) mass is 393 g/mol. The summed E-state index contributed by atoms with van der Waals surface area (Å²) in [6, 6.07) is 10.0. The third-order valence-corrected chi connectivity index (χ3v) is 7.58. The largest absolute Gasteiger partial charge is 0.353 e. The fourth-order valence-electron chi connectivity index (χ4n) is 3.95. The van der Waals surface area contributed by atoms with Gasteiger partial charge in [0.2, 0.25) is 5.91 Å². The second kappa shape index (κ2) is 9.17. The molecule has 1 aromatic rings. The molecule has 150 valence electrons. The Morgan fingerprint density at radius 1 is 1.07 bits per heavy atom. The molecule has 7 heteroatoms. The molecule has 2 aliphatic rings. The summed E-state index contributed by atoms with van der Waals surface area (Å²) in [6.07, 6.45) is 4.60. The summed E-state index contributed by atoms with van der Waals surface area (Å²) < 4.78 is 28.9. The summed E-state index contributed by atoms with van der Waals surface area (Å²) in [6.45, 7) is 4.33. The average Bonchev–Trinajstić information content (AvgIpc) is 2.68. The third-order valence-electron chi connectivity index (χ3n) is 5.57. The van der Waals surface area contributed by atoms with Crippen molar-refractivity contribution in [1.82, 2.24) is 13.9 Å². The van der Waals surface area contributed by atoms with Crippen molar-refractivity contribution >= 4 is 16.1 Å². The molecule has 1 unspecified atom stereocenters. The molecule has 0 aliphatic carbocycles. The van der Waals surface area contributed by atoms with Crippen molar-refractivity contribution in [2.24, 2.45) is 5.92 Å². The number of piperidine rings is 2. The van der Waals surface area contributed by atoms with Crippen LogP contribution in [-0.2, 0) is 21.4 Å². The first kappa shape index (κ1) is 20.3. The Kier molecular flexibility index (Phi) is 6.89. The van der Waals surface area contributed by atoms with Gasteiger partial charge in [0.1, 0.15) is 0 Å². The van der Waals surface area contributed by atoms with Crippen LogP contribution in [0.3, 0.4) is 0 Å². The first-order chi connectivity index (χ1) is 12.9. The molecule has 3 rings (SSSR count). The predicted molar refractivity (Wildman–Crippen MR) is 106 cm³/mol. The summed E-state index contributed by atoms with van der Waals surface area (Å²) in [4.78, 5) is 12.2. The molecular weight excluding hydrogens is 362 g/mol. The van der Waals surface area contributed by atoms with E-state index in [0.717, 1.165) is 24.8 Å². The van der Waals surface area contributed by atoms with Gasteiger partial charge in [-0.2, -0.15) is 17.0 Å². The molecule has 2 heterocycles. The Balaban J connectivity index is 1.43. The van der Waals surface area contributed by atoms with Gasteiger partial charge in [-0.05, 0) is 43.6 Å². The Morgan fingerprint density at radius 3 is 2.44 bits per heavy atom. The number of aryl methyl sites for hydroxylation is 1. The van der Waals surface area contributed by atoms with Crippen molar-refractivity contribution in [3.8, 4) is 0 Å². The van der Waals surface area contributed by atoms with E-state index in [9.17, 15) is 13.2 Å². The van der Waals surface area contributed by atoms with E-state index in [4.69, 9.17) is 0 Å². The molecule has 0 radical (unpaired) electrons. The fraction of sp³-hybridized carbons (Fsp3) is 0.650. The quantitative estimate of drug-likeness (QED) is 0.805. The van der Waals surface area contributed by atoms with Gasteiger partial charge in [-0.1, -0.05) is 37.3 Å². The van der Waals surface area contributed by atoms with Crippen LogP contribution in [0.4, 0.5) is 0 Å². The van der Waals surface area contributed by atoms with Crippen molar-refractivity contribution in [3.63, 3.8) is 0 Å². The molecule has 1 N–H and O–H groups in total. The standard InChI is InChI=1S/C20H31N3O3S/c1-17-6-5-13-23(16-17)27(25,26)22-14-11-19(12-15-22)21-20(24)10-9-18-7-3-2-4-8-18/h2-4,7-8,17,19H,5-6,9-16H2,1H3,(H,21,24). The molecule has 2 aliphatic heterocycles. The van der Waals surface area contributed by atoms with Crippen molar-refractivity contribution < 1.29 is 13.2 Å². The number of nitrogens with one attached hydrogen (secondary N) is 1. The average molecular weight is 394 g/mol. The van der Waals surface area contributed by atoms with Crippen LogP contribution in [0.15, 0.2) is 30.3 Å². The number of hydrogen-bond acceptors (Lipinski definition) is 3. The zero-order valence-electron chi connectivity index (χ0n) is 16.1. The molecule has 1 amide bonds. The highest BCUT2D eigenvalue weighted by Crippen LogP contribution is 2.23. The molecule has 0 aromatic heterocycles. The molecule has 1 atom stereocenters. The maximum absolute atomic E-state index is 12.8. The predicted octanol–water partition coefficient (Wildman–Crippen LogP) is 2.18. The number of carbonyl (C=O) groups excluding carboxylic acids is 1. The number of rotatable bonds is 6. The van der Waals surface area contributed by atoms with Crippen LogP contribution in [0.2, 0.25) is 0 Å². The van der Waals surface area contributed by atoms with E-state index in [0.29, 0.717) is 51.4 Å². The Morgan fingerprint density at radius 2 is 1.78 bits per heavy atom. The molecule has 0 saturated carbocycles. The summed E-state index contributed by atoms with van der Waals surface area (Å²) in [5, 5.41) is 3.07. The van der Waals surface area contributed by atoms with E-state index in [-0.39, 0.29) is 11.9 Å². The highest BCUT2D eigenvalue weighted by molar-refractivity contribution is 7.86. The zero-order valence-corrected chi connectivity index (χ0v) is 17.0. The topological polar surface area (TPSA) is 69.7 Å². The van der Waals surface area contributed by atoms with Crippen LogP contribution in [0, 0.1) is 5.92 Å². The number of benzene rings is 1. The van der Waals surface area contributed by atoms with Gasteiger partial charge >= 0.3 is 0 Å². The van der Waals surface area contributed by atoms with Crippen molar-refractivity contribution in [3.05, 3.63) is 35.9 Å². The first-order valence-corrected chi connectivity index (χ1v) is 11.4. The lowest BCUT2D eigenvalue weighted by Crippen LogP contribution is -2.52. The lowest BCUT2D eigenvalue weighted by Gasteiger charge is -2.37. The minimum absolute atomic E-state index is 0.0463. The number of hydrogen-bond donors (Lipinski definition) is 1. The Hall–Kier alpha value is -1.44. The smallest absolute Gasteiger partial charge is 0.281 e. The van der Waals surface area contributed by atoms with Gasteiger partial charge in [0.15, 0.2) is 0 Å². The van der Waals surface area contributed by atoms with E-state index in [1.165, 1.54) is 0 Å². The minimum Gasteiger partial charge on any atom is -0.353 e. The molecule has 27 heavy (non-hydrogen) atoms. The molecule has 6 nitrogen and oxygen atoms in total. The van der Waals surface area contributed by atoms with Crippen molar-refractivity contribution in [2.45, 2.75) is 51.5 Å². The Labute approximate surface area is 163 Å². The van der Waals surface area contributed by atoms with Gasteiger partial charge in [-0.25, -0.2) is 0 Å². The van der Waals surface area contributed by atoms with Gasteiger partial charge in [0.25, 0.3) is 10.2 Å². The van der Waals surface area contributed by atoms with E-state index in [1.807, 2.05) is 30.3 Å². The van der Waals surface area contributed by atoms with Crippen LogP contribution in [0.25, 0.3) is 0 Å². The lowest BCUT2D eigenvalue weighted by molar-refractivity contribution is -0.122.